The summed E-state index contributed by atoms with van der Waals surface area (Å²) in [4.78, 5) is 11.6. The van der Waals surface area contributed by atoms with Gasteiger partial charge in [-0.15, -0.1) is 0 Å². The fourth-order valence-corrected chi connectivity index (χ4v) is 3.47. The highest BCUT2D eigenvalue weighted by Gasteiger charge is 2.18. The SMILES string of the molecule is O=C(O)C(=Cc1cccc2ccccc12)CC1CCCCC1. The van der Waals surface area contributed by atoms with Crippen LogP contribution in [-0.4, -0.2) is 11.1 Å². The molecule has 114 valence electrons. The zero-order chi connectivity index (χ0) is 15.4. The summed E-state index contributed by atoms with van der Waals surface area (Å²) < 4.78 is 0. The highest BCUT2D eigenvalue weighted by atomic mass is 16.4. The summed E-state index contributed by atoms with van der Waals surface area (Å²) in [5, 5.41) is 11.8. The van der Waals surface area contributed by atoms with Crippen LogP contribution in [0.3, 0.4) is 0 Å². The van der Waals surface area contributed by atoms with Gasteiger partial charge >= 0.3 is 5.97 Å². The second-order valence-corrected chi connectivity index (χ2v) is 6.25. The molecule has 2 aromatic rings. The maximum absolute atomic E-state index is 11.6. The van der Waals surface area contributed by atoms with Gasteiger partial charge in [0.15, 0.2) is 0 Å². The summed E-state index contributed by atoms with van der Waals surface area (Å²) in [7, 11) is 0. The van der Waals surface area contributed by atoms with Gasteiger partial charge in [0, 0.05) is 5.57 Å². The van der Waals surface area contributed by atoms with E-state index in [0.717, 1.165) is 16.3 Å². The van der Waals surface area contributed by atoms with E-state index in [1.54, 1.807) is 0 Å². The van der Waals surface area contributed by atoms with Gasteiger partial charge < -0.3 is 5.11 Å². The highest BCUT2D eigenvalue weighted by molar-refractivity contribution is 5.97. The molecule has 1 aliphatic carbocycles. The molecule has 0 aliphatic heterocycles. The van der Waals surface area contributed by atoms with Gasteiger partial charge in [0.25, 0.3) is 0 Å². The summed E-state index contributed by atoms with van der Waals surface area (Å²) in [6, 6.07) is 14.2. The fraction of sp³-hybridized carbons (Fsp3) is 0.350. The van der Waals surface area contributed by atoms with Crippen LogP contribution in [0.25, 0.3) is 16.8 Å². The Hall–Kier alpha value is -2.09. The van der Waals surface area contributed by atoms with Crippen LogP contribution in [-0.2, 0) is 4.79 Å². The van der Waals surface area contributed by atoms with Crippen molar-refractivity contribution < 1.29 is 9.90 Å². The van der Waals surface area contributed by atoms with Crippen LogP contribution in [0.15, 0.2) is 48.0 Å². The third-order valence-corrected chi connectivity index (χ3v) is 4.66. The first-order chi connectivity index (χ1) is 10.7. The third kappa shape index (κ3) is 3.38. The molecular formula is C20H22O2. The molecule has 1 saturated carbocycles. The second kappa shape index (κ2) is 6.78. The Morgan fingerprint density at radius 2 is 1.77 bits per heavy atom. The van der Waals surface area contributed by atoms with Crippen molar-refractivity contribution in [3.63, 3.8) is 0 Å². The molecule has 22 heavy (non-hydrogen) atoms. The Morgan fingerprint density at radius 1 is 1.05 bits per heavy atom. The first-order valence-corrected chi connectivity index (χ1v) is 8.15. The lowest BCUT2D eigenvalue weighted by Gasteiger charge is -2.21. The van der Waals surface area contributed by atoms with Crippen molar-refractivity contribution in [2.24, 2.45) is 5.92 Å². The van der Waals surface area contributed by atoms with E-state index in [9.17, 15) is 9.90 Å². The number of carbonyl (C=O) groups is 1. The molecule has 0 spiro atoms. The molecular weight excluding hydrogens is 272 g/mol. The minimum absolute atomic E-state index is 0.533. The van der Waals surface area contributed by atoms with Crippen molar-refractivity contribution in [3.8, 4) is 0 Å². The molecule has 0 atom stereocenters. The number of hydrogen-bond acceptors (Lipinski definition) is 1. The zero-order valence-electron chi connectivity index (χ0n) is 12.8. The lowest BCUT2D eigenvalue weighted by atomic mass is 9.84. The van der Waals surface area contributed by atoms with Gasteiger partial charge in [0.05, 0.1) is 0 Å². The van der Waals surface area contributed by atoms with Gasteiger partial charge in [0.2, 0.25) is 0 Å². The maximum atomic E-state index is 11.6. The number of rotatable bonds is 4. The van der Waals surface area contributed by atoms with Crippen LogP contribution >= 0.6 is 0 Å². The van der Waals surface area contributed by atoms with E-state index < -0.39 is 5.97 Å². The first kappa shape index (κ1) is 14.8. The van der Waals surface area contributed by atoms with Crippen molar-refractivity contribution in [3.05, 3.63) is 53.6 Å². The topological polar surface area (TPSA) is 37.3 Å². The molecule has 0 unspecified atom stereocenters. The molecule has 1 aliphatic rings. The van der Waals surface area contributed by atoms with Crippen LogP contribution in [0.4, 0.5) is 0 Å². The van der Waals surface area contributed by atoms with Crippen LogP contribution in [0, 0.1) is 5.92 Å². The van der Waals surface area contributed by atoms with Gasteiger partial charge in [-0.05, 0) is 34.8 Å². The molecule has 2 heteroatoms. The third-order valence-electron chi connectivity index (χ3n) is 4.66. The molecule has 0 heterocycles. The molecule has 0 saturated heterocycles. The Balaban J connectivity index is 1.92. The Labute approximate surface area is 131 Å². The summed E-state index contributed by atoms with van der Waals surface area (Å²) in [5.74, 6) is -0.246. The summed E-state index contributed by atoms with van der Waals surface area (Å²) >= 11 is 0. The molecule has 0 aromatic heterocycles. The predicted molar refractivity (Wildman–Crippen MR) is 90.8 cm³/mol. The van der Waals surface area contributed by atoms with Crippen molar-refractivity contribution in [1.82, 2.24) is 0 Å². The molecule has 0 bridgehead atoms. The molecule has 2 aromatic carbocycles. The number of hydrogen-bond donors (Lipinski definition) is 1. The molecule has 2 nitrogen and oxygen atoms in total. The van der Waals surface area contributed by atoms with Crippen molar-refractivity contribution >= 4 is 22.8 Å². The molecule has 0 amide bonds. The number of fused-ring (bicyclic) bond motifs is 1. The Morgan fingerprint density at radius 3 is 2.55 bits per heavy atom. The Bertz CT molecular complexity index is 688. The average molecular weight is 294 g/mol. The van der Waals surface area contributed by atoms with E-state index in [4.69, 9.17) is 0 Å². The van der Waals surface area contributed by atoms with Gasteiger partial charge in [-0.1, -0.05) is 74.6 Å². The highest BCUT2D eigenvalue weighted by Crippen LogP contribution is 2.30. The van der Waals surface area contributed by atoms with Gasteiger partial charge in [-0.2, -0.15) is 0 Å². The number of carboxylic acid groups (broad SMARTS) is 1. The lowest BCUT2D eigenvalue weighted by molar-refractivity contribution is -0.132. The quantitative estimate of drug-likeness (QED) is 0.779. The fourth-order valence-electron chi connectivity index (χ4n) is 3.47. The van der Waals surface area contributed by atoms with Crippen molar-refractivity contribution in [2.45, 2.75) is 38.5 Å². The second-order valence-electron chi connectivity index (χ2n) is 6.25. The summed E-state index contributed by atoms with van der Waals surface area (Å²) in [5.41, 5.74) is 1.55. The lowest BCUT2D eigenvalue weighted by Crippen LogP contribution is -2.11. The van der Waals surface area contributed by atoms with Crippen LogP contribution in [0.2, 0.25) is 0 Å². The van der Waals surface area contributed by atoms with Gasteiger partial charge in [0.1, 0.15) is 0 Å². The smallest absolute Gasteiger partial charge is 0.331 e. The maximum Gasteiger partial charge on any atom is 0.331 e. The van der Waals surface area contributed by atoms with E-state index in [1.165, 1.54) is 32.1 Å². The van der Waals surface area contributed by atoms with Crippen molar-refractivity contribution in [2.75, 3.05) is 0 Å². The molecule has 1 fully saturated rings. The number of carboxylic acids is 1. The van der Waals surface area contributed by atoms with E-state index in [1.807, 2.05) is 30.3 Å². The summed E-state index contributed by atoms with van der Waals surface area (Å²) in [6.07, 6.45) is 8.68. The monoisotopic (exact) mass is 294 g/mol. The number of aliphatic carboxylic acids is 1. The van der Waals surface area contributed by atoms with Crippen LogP contribution in [0.1, 0.15) is 44.1 Å². The average Bonchev–Trinajstić information content (AvgIpc) is 2.55. The minimum atomic E-state index is -0.779. The van der Waals surface area contributed by atoms with Crippen LogP contribution in [0.5, 0.6) is 0 Å². The summed E-state index contributed by atoms with van der Waals surface area (Å²) in [6.45, 7) is 0. The van der Waals surface area contributed by atoms with E-state index in [-0.39, 0.29) is 0 Å². The van der Waals surface area contributed by atoms with E-state index in [0.29, 0.717) is 17.9 Å². The van der Waals surface area contributed by atoms with Crippen molar-refractivity contribution in [1.29, 1.82) is 0 Å². The van der Waals surface area contributed by atoms with E-state index in [2.05, 4.69) is 18.2 Å². The molecule has 0 radical (unpaired) electrons. The molecule has 3 rings (SSSR count). The van der Waals surface area contributed by atoms with Gasteiger partial charge in [-0.25, -0.2) is 4.79 Å². The van der Waals surface area contributed by atoms with Gasteiger partial charge in [-0.3, -0.25) is 0 Å². The van der Waals surface area contributed by atoms with E-state index >= 15 is 0 Å². The standard InChI is InChI=1S/C20H22O2/c21-20(22)18(13-15-7-2-1-3-8-15)14-17-11-6-10-16-9-4-5-12-19(16)17/h4-6,9-12,14-15H,1-3,7-8,13H2,(H,21,22). The normalized spacial score (nSPS) is 16.8. The zero-order valence-corrected chi connectivity index (χ0v) is 12.8. The number of benzene rings is 2. The first-order valence-electron chi connectivity index (χ1n) is 8.15. The largest absolute Gasteiger partial charge is 0.478 e. The molecule has 1 N–H and O–H groups in total. The van der Waals surface area contributed by atoms with Crippen LogP contribution < -0.4 is 0 Å². The Kier molecular flexibility index (Phi) is 4.57. The predicted octanol–water partition coefficient (Wildman–Crippen LogP) is 5.28. The minimum Gasteiger partial charge on any atom is -0.478 e.